The average molecular weight is 286 g/mol. The molecule has 18 heavy (non-hydrogen) atoms. The van der Waals surface area contributed by atoms with Crippen molar-refractivity contribution in [3.63, 3.8) is 0 Å². The standard InChI is InChI=1S/C14H20ClNOS/c1-10-2-4-14(5-3-10)9-17-12(7-16-14)11-6-13(15)18-8-11/h6,8,10,12,16H,2-5,7,9H2,1H3. The Morgan fingerprint density at radius 2 is 2.22 bits per heavy atom. The lowest BCUT2D eigenvalue weighted by atomic mass is 9.77. The van der Waals surface area contributed by atoms with E-state index in [2.05, 4.69) is 17.6 Å². The van der Waals surface area contributed by atoms with Gasteiger partial charge in [0.25, 0.3) is 0 Å². The minimum atomic E-state index is 0.179. The van der Waals surface area contributed by atoms with Gasteiger partial charge in [-0.1, -0.05) is 18.5 Å². The van der Waals surface area contributed by atoms with Crippen LogP contribution in [0.5, 0.6) is 0 Å². The van der Waals surface area contributed by atoms with E-state index in [9.17, 15) is 0 Å². The Hall–Kier alpha value is -0.0900. The summed E-state index contributed by atoms with van der Waals surface area (Å²) < 4.78 is 6.94. The number of thiophene rings is 1. The van der Waals surface area contributed by atoms with E-state index in [0.29, 0.717) is 0 Å². The van der Waals surface area contributed by atoms with Gasteiger partial charge in [-0.15, -0.1) is 11.3 Å². The molecule has 100 valence electrons. The highest BCUT2D eigenvalue weighted by Gasteiger charge is 2.38. The number of hydrogen-bond acceptors (Lipinski definition) is 3. The Morgan fingerprint density at radius 1 is 1.44 bits per heavy atom. The second kappa shape index (κ2) is 5.12. The van der Waals surface area contributed by atoms with Crippen LogP contribution in [0, 0.1) is 5.92 Å². The van der Waals surface area contributed by atoms with Crippen LogP contribution >= 0.6 is 22.9 Å². The molecule has 3 rings (SSSR count). The van der Waals surface area contributed by atoms with Crippen LogP contribution in [0.1, 0.15) is 44.3 Å². The first-order valence-electron chi connectivity index (χ1n) is 6.77. The van der Waals surface area contributed by atoms with Crippen molar-refractivity contribution in [3.8, 4) is 0 Å². The van der Waals surface area contributed by atoms with Gasteiger partial charge in [-0.3, -0.25) is 0 Å². The van der Waals surface area contributed by atoms with Crippen molar-refractivity contribution < 1.29 is 4.74 Å². The normalized spacial score (nSPS) is 37.0. The zero-order valence-corrected chi connectivity index (χ0v) is 12.3. The van der Waals surface area contributed by atoms with Crippen molar-refractivity contribution in [2.24, 2.45) is 5.92 Å². The Balaban J connectivity index is 1.61. The van der Waals surface area contributed by atoms with E-state index < -0.39 is 0 Å². The SMILES string of the molecule is CC1CCC2(CC1)COC(c1csc(Cl)c1)CN2. The molecule has 1 aromatic heterocycles. The first kappa shape index (κ1) is 12.9. The molecule has 1 saturated carbocycles. The fourth-order valence-corrected chi connectivity index (χ4v) is 3.95. The first-order chi connectivity index (χ1) is 8.67. The molecule has 0 radical (unpaired) electrons. The average Bonchev–Trinajstić information content (AvgIpc) is 2.81. The van der Waals surface area contributed by atoms with Crippen molar-refractivity contribution >= 4 is 22.9 Å². The number of nitrogens with one attached hydrogen (secondary N) is 1. The molecule has 1 aliphatic heterocycles. The molecule has 0 amide bonds. The minimum absolute atomic E-state index is 0.179. The molecule has 1 aliphatic carbocycles. The molecule has 0 bridgehead atoms. The van der Waals surface area contributed by atoms with E-state index in [4.69, 9.17) is 16.3 Å². The highest BCUT2D eigenvalue weighted by atomic mass is 35.5. The van der Waals surface area contributed by atoms with Crippen LogP contribution in [0.25, 0.3) is 0 Å². The molecule has 1 atom stereocenters. The zero-order valence-electron chi connectivity index (χ0n) is 10.7. The first-order valence-corrected chi connectivity index (χ1v) is 8.03. The number of halogens is 1. The molecule has 2 fully saturated rings. The molecule has 1 unspecified atom stereocenters. The summed E-state index contributed by atoms with van der Waals surface area (Å²) in [6, 6.07) is 2.03. The fraction of sp³-hybridized carbons (Fsp3) is 0.714. The van der Waals surface area contributed by atoms with Crippen molar-refractivity contribution in [3.05, 3.63) is 21.3 Å². The van der Waals surface area contributed by atoms with Crippen molar-refractivity contribution in [1.29, 1.82) is 0 Å². The number of morpholine rings is 1. The predicted molar refractivity (Wildman–Crippen MR) is 76.4 cm³/mol. The Morgan fingerprint density at radius 3 is 2.78 bits per heavy atom. The second-order valence-electron chi connectivity index (χ2n) is 5.83. The van der Waals surface area contributed by atoms with Gasteiger partial charge in [0.2, 0.25) is 0 Å². The highest BCUT2D eigenvalue weighted by Crippen LogP contribution is 2.37. The summed E-state index contributed by atoms with van der Waals surface area (Å²) in [6.45, 7) is 4.12. The lowest BCUT2D eigenvalue weighted by Gasteiger charge is -2.45. The van der Waals surface area contributed by atoms with Gasteiger partial charge in [0.05, 0.1) is 17.0 Å². The lowest BCUT2D eigenvalue weighted by Crippen LogP contribution is -2.56. The van der Waals surface area contributed by atoms with Gasteiger partial charge in [0.1, 0.15) is 0 Å². The summed E-state index contributed by atoms with van der Waals surface area (Å²) in [4.78, 5) is 0. The van der Waals surface area contributed by atoms with Gasteiger partial charge in [-0.25, -0.2) is 0 Å². The molecule has 1 aromatic rings. The van der Waals surface area contributed by atoms with Gasteiger partial charge in [0.15, 0.2) is 0 Å². The third kappa shape index (κ3) is 2.60. The molecule has 2 heterocycles. The maximum absolute atomic E-state index is 6.09. The van der Waals surface area contributed by atoms with Gasteiger partial charge in [-0.05, 0) is 48.6 Å². The molecule has 0 aromatic carbocycles. The van der Waals surface area contributed by atoms with Gasteiger partial charge >= 0.3 is 0 Å². The Labute approximate surface area is 118 Å². The van der Waals surface area contributed by atoms with E-state index in [1.54, 1.807) is 11.3 Å². The summed E-state index contributed by atoms with van der Waals surface area (Å²) in [6.07, 6.45) is 5.34. The number of ether oxygens (including phenoxy) is 1. The predicted octanol–water partition coefficient (Wildman–Crippen LogP) is 4.01. The largest absolute Gasteiger partial charge is 0.370 e. The molecular weight excluding hydrogens is 266 g/mol. The van der Waals surface area contributed by atoms with Crippen LogP contribution in [0.3, 0.4) is 0 Å². The molecule has 4 heteroatoms. The Bertz CT molecular complexity index is 402. The second-order valence-corrected chi connectivity index (χ2v) is 7.37. The summed E-state index contributed by atoms with van der Waals surface area (Å²) in [7, 11) is 0. The quantitative estimate of drug-likeness (QED) is 0.842. The van der Waals surface area contributed by atoms with Crippen LogP contribution < -0.4 is 5.32 Å². The maximum atomic E-state index is 6.09. The van der Waals surface area contributed by atoms with Crippen LogP contribution in [0.15, 0.2) is 11.4 Å². The van der Waals surface area contributed by atoms with E-state index in [1.807, 2.05) is 6.07 Å². The Kier molecular flexibility index (Phi) is 3.68. The zero-order chi connectivity index (χ0) is 12.6. The topological polar surface area (TPSA) is 21.3 Å². The third-order valence-corrected chi connectivity index (χ3v) is 5.52. The van der Waals surface area contributed by atoms with Crippen LogP contribution in [-0.2, 0) is 4.74 Å². The molecule has 1 spiro atoms. The van der Waals surface area contributed by atoms with Crippen molar-refractivity contribution in [2.75, 3.05) is 13.2 Å². The molecular formula is C14H20ClNOS. The summed E-state index contributed by atoms with van der Waals surface area (Å²) in [5.74, 6) is 0.880. The minimum Gasteiger partial charge on any atom is -0.370 e. The number of hydrogen-bond donors (Lipinski definition) is 1. The van der Waals surface area contributed by atoms with Gasteiger partial charge in [-0.2, -0.15) is 0 Å². The fourth-order valence-electron chi connectivity index (χ4n) is 3.02. The molecule has 2 nitrogen and oxygen atoms in total. The molecule has 2 aliphatic rings. The maximum Gasteiger partial charge on any atom is 0.0958 e. The molecule has 1 N–H and O–H groups in total. The third-order valence-electron chi connectivity index (χ3n) is 4.41. The summed E-state index contributed by atoms with van der Waals surface area (Å²) >= 11 is 7.56. The summed E-state index contributed by atoms with van der Waals surface area (Å²) in [5, 5.41) is 5.86. The lowest BCUT2D eigenvalue weighted by molar-refractivity contribution is -0.0502. The van der Waals surface area contributed by atoms with Crippen LogP contribution in [0.2, 0.25) is 4.34 Å². The van der Waals surface area contributed by atoms with Gasteiger partial charge in [0, 0.05) is 12.1 Å². The molecule has 1 saturated heterocycles. The van der Waals surface area contributed by atoms with E-state index in [-0.39, 0.29) is 11.6 Å². The van der Waals surface area contributed by atoms with Crippen molar-refractivity contribution in [1.82, 2.24) is 5.32 Å². The highest BCUT2D eigenvalue weighted by molar-refractivity contribution is 7.14. The van der Waals surface area contributed by atoms with E-state index in [0.717, 1.165) is 23.4 Å². The van der Waals surface area contributed by atoms with Crippen LogP contribution in [-0.4, -0.2) is 18.7 Å². The van der Waals surface area contributed by atoms with E-state index >= 15 is 0 Å². The summed E-state index contributed by atoms with van der Waals surface area (Å²) in [5.41, 5.74) is 1.47. The van der Waals surface area contributed by atoms with Crippen molar-refractivity contribution in [2.45, 2.75) is 44.2 Å². The van der Waals surface area contributed by atoms with E-state index in [1.165, 1.54) is 31.2 Å². The smallest absolute Gasteiger partial charge is 0.0958 e. The van der Waals surface area contributed by atoms with Crippen LogP contribution in [0.4, 0.5) is 0 Å². The number of rotatable bonds is 1. The van der Waals surface area contributed by atoms with Gasteiger partial charge < -0.3 is 10.1 Å². The monoisotopic (exact) mass is 285 g/mol.